The Balaban J connectivity index is 2.29. The van der Waals surface area contributed by atoms with E-state index in [0.29, 0.717) is 12.5 Å². The van der Waals surface area contributed by atoms with Gasteiger partial charge in [-0.2, -0.15) is 0 Å². The first-order chi connectivity index (χ1) is 7.76. The van der Waals surface area contributed by atoms with Crippen molar-refractivity contribution in [3.63, 3.8) is 0 Å². The lowest BCUT2D eigenvalue weighted by Crippen LogP contribution is -2.03. The molecule has 2 rings (SSSR count). The summed E-state index contributed by atoms with van der Waals surface area (Å²) in [5.41, 5.74) is 2.69. The molecular weight excluding hydrogens is 198 g/mol. The van der Waals surface area contributed by atoms with Gasteiger partial charge in [-0.05, 0) is 49.7 Å². The summed E-state index contributed by atoms with van der Waals surface area (Å²) < 4.78 is 5.60. The minimum atomic E-state index is 0.535. The quantitative estimate of drug-likeness (QED) is 0.750. The zero-order valence-electron chi connectivity index (χ0n) is 10.5. The molecule has 2 nitrogen and oxygen atoms in total. The average molecular weight is 219 g/mol. The van der Waals surface area contributed by atoms with Gasteiger partial charge in [0.1, 0.15) is 0 Å². The van der Waals surface area contributed by atoms with Crippen LogP contribution in [0.25, 0.3) is 0 Å². The van der Waals surface area contributed by atoms with Crippen LogP contribution in [0.1, 0.15) is 63.0 Å². The van der Waals surface area contributed by atoms with Crippen molar-refractivity contribution in [3.8, 4) is 5.88 Å². The molecule has 1 atom stereocenters. The summed E-state index contributed by atoms with van der Waals surface area (Å²) in [6.45, 7) is 7.16. The van der Waals surface area contributed by atoms with Gasteiger partial charge in [-0.15, -0.1) is 0 Å². The summed E-state index contributed by atoms with van der Waals surface area (Å²) >= 11 is 0. The fraction of sp³-hybridized carbons (Fsp3) is 0.643. The molecule has 0 radical (unpaired) electrons. The number of ether oxygens (including phenoxy) is 1. The smallest absolute Gasteiger partial charge is 0.216 e. The van der Waals surface area contributed by atoms with E-state index in [1.165, 1.54) is 24.0 Å². The standard InChI is InChI=1S/C14H21NO/c1-4-10(3)13-8-12(11-6-7-11)9-15-14(13)16-5-2/h8-11H,4-7H2,1-3H3. The monoisotopic (exact) mass is 219 g/mol. The van der Waals surface area contributed by atoms with Crippen molar-refractivity contribution >= 4 is 0 Å². The average Bonchev–Trinajstić information content (AvgIpc) is 3.13. The van der Waals surface area contributed by atoms with E-state index in [1.54, 1.807) is 0 Å². The zero-order valence-corrected chi connectivity index (χ0v) is 10.5. The van der Waals surface area contributed by atoms with Crippen molar-refractivity contribution in [2.75, 3.05) is 6.61 Å². The Morgan fingerprint density at radius 3 is 2.75 bits per heavy atom. The molecule has 0 saturated heterocycles. The van der Waals surface area contributed by atoms with E-state index in [9.17, 15) is 0 Å². The lowest BCUT2D eigenvalue weighted by Gasteiger charge is -2.15. The molecule has 88 valence electrons. The van der Waals surface area contributed by atoms with Crippen LogP contribution < -0.4 is 4.74 Å². The Morgan fingerprint density at radius 2 is 2.19 bits per heavy atom. The number of hydrogen-bond donors (Lipinski definition) is 0. The molecule has 1 fully saturated rings. The maximum absolute atomic E-state index is 5.60. The van der Waals surface area contributed by atoms with Crippen molar-refractivity contribution < 1.29 is 4.74 Å². The fourth-order valence-electron chi connectivity index (χ4n) is 1.96. The summed E-state index contributed by atoms with van der Waals surface area (Å²) in [5, 5.41) is 0. The summed E-state index contributed by atoms with van der Waals surface area (Å²) in [7, 11) is 0. The van der Waals surface area contributed by atoms with E-state index < -0.39 is 0 Å². The summed E-state index contributed by atoms with van der Waals surface area (Å²) in [6.07, 6.45) is 5.79. The molecule has 1 aliphatic carbocycles. The molecule has 0 aromatic carbocycles. The van der Waals surface area contributed by atoms with Gasteiger partial charge in [0.15, 0.2) is 0 Å². The van der Waals surface area contributed by atoms with Gasteiger partial charge in [0.25, 0.3) is 0 Å². The van der Waals surface area contributed by atoms with E-state index in [0.717, 1.165) is 18.2 Å². The van der Waals surface area contributed by atoms with Crippen LogP contribution in [0, 0.1) is 0 Å². The van der Waals surface area contributed by atoms with Gasteiger partial charge in [-0.1, -0.05) is 13.8 Å². The third-order valence-corrected chi connectivity index (χ3v) is 3.37. The summed E-state index contributed by atoms with van der Waals surface area (Å²) in [4.78, 5) is 4.48. The molecule has 1 saturated carbocycles. The van der Waals surface area contributed by atoms with Crippen LogP contribution >= 0.6 is 0 Å². The Morgan fingerprint density at radius 1 is 1.44 bits per heavy atom. The van der Waals surface area contributed by atoms with Gasteiger partial charge in [0.2, 0.25) is 5.88 Å². The highest BCUT2D eigenvalue weighted by Crippen LogP contribution is 2.41. The molecule has 0 spiro atoms. The van der Waals surface area contributed by atoms with E-state index in [1.807, 2.05) is 13.1 Å². The van der Waals surface area contributed by atoms with Crippen LogP contribution in [0.5, 0.6) is 5.88 Å². The van der Waals surface area contributed by atoms with Crippen molar-refractivity contribution in [3.05, 3.63) is 23.4 Å². The Kier molecular flexibility index (Phi) is 3.47. The molecule has 2 heteroatoms. The Labute approximate surface area is 98.0 Å². The molecule has 1 heterocycles. The Hall–Kier alpha value is -1.05. The number of hydrogen-bond acceptors (Lipinski definition) is 2. The van der Waals surface area contributed by atoms with Crippen LogP contribution in [0.3, 0.4) is 0 Å². The molecule has 0 bridgehead atoms. The second kappa shape index (κ2) is 4.86. The minimum absolute atomic E-state index is 0.535. The summed E-state index contributed by atoms with van der Waals surface area (Å²) in [6, 6.07) is 2.31. The highest BCUT2D eigenvalue weighted by molar-refractivity contribution is 5.35. The van der Waals surface area contributed by atoms with Gasteiger partial charge in [0, 0.05) is 11.8 Å². The first-order valence-electron chi connectivity index (χ1n) is 6.38. The largest absolute Gasteiger partial charge is 0.478 e. The van der Waals surface area contributed by atoms with Crippen molar-refractivity contribution in [2.45, 2.75) is 51.9 Å². The molecular formula is C14H21NO. The molecule has 0 N–H and O–H groups in total. The minimum Gasteiger partial charge on any atom is -0.478 e. The zero-order chi connectivity index (χ0) is 11.5. The number of nitrogens with zero attached hydrogens (tertiary/aromatic N) is 1. The summed E-state index contributed by atoms with van der Waals surface area (Å²) in [5.74, 6) is 2.14. The van der Waals surface area contributed by atoms with Crippen LogP contribution in [0.2, 0.25) is 0 Å². The molecule has 0 amide bonds. The Bertz CT molecular complexity index is 358. The molecule has 1 aliphatic rings. The van der Waals surface area contributed by atoms with Crippen molar-refractivity contribution in [1.82, 2.24) is 4.98 Å². The topological polar surface area (TPSA) is 22.1 Å². The highest BCUT2D eigenvalue weighted by atomic mass is 16.5. The SMILES string of the molecule is CCOc1ncc(C2CC2)cc1C(C)CC. The molecule has 1 aromatic heterocycles. The third kappa shape index (κ3) is 2.37. The van der Waals surface area contributed by atoms with Crippen LogP contribution in [-0.4, -0.2) is 11.6 Å². The van der Waals surface area contributed by atoms with Crippen molar-refractivity contribution in [2.24, 2.45) is 0 Å². The van der Waals surface area contributed by atoms with E-state index in [-0.39, 0.29) is 0 Å². The number of pyridine rings is 1. The third-order valence-electron chi connectivity index (χ3n) is 3.37. The van der Waals surface area contributed by atoms with Crippen LogP contribution in [-0.2, 0) is 0 Å². The molecule has 16 heavy (non-hydrogen) atoms. The highest BCUT2D eigenvalue weighted by Gasteiger charge is 2.25. The maximum Gasteiger partial charge on any atom is 0.216 e. The molecule has 1 aromatic rings. The van der Waals surface area contributed by atoms with Gasteiger partial charge >= 0.3 is 0 Å². The normalized spacial score (nSPS) is 17.2. The second-order valence-corrected chi connectivity index (χ2v) is 4.68. The number of aromatic nitrogens is 1. The van der Waals surface area contributed by atoms with Gasteiger partial charge in [-0.25, -0.2) is 4.98 Å². The van der Waals surface area contributed by atoms with Crippen LogP contribution in [0.15, 0.2) is 12.3 Å². The molecule has 1 unspecified atom stereocenters. The van der Waals surface area contributed by atoms with E-state index >= 15 is 0 Å². The lowest BCUT2D eigenvalue weighted by molar-refractivity contribution is 0.320. The van der Waals surface area contributed by atoms with Crippen LogP contribution in [0.4, 0.5) is 0 Å². The molecule has 0 aliphatic heterocycles. The van der Waals surface area contributed by atoms with Gasteiger partial charge in [0.05, 0.1) is 6.61 Å². The number of rotatable bonds is 5. The van der Waals surface area contributed by atoms with Gasteiger partial charge in [-0.3, -0.25) is 0 Å². The predicted octanol–water partition coefficient (Wildman–Crippen LogP) is 3.87. The maximum atomic E-state index is 5.60. The first kappa shape index (κ1) is 11.4. The van der Waals surface area contributed by atoms with Gasteiger partial charge < -0.3 is 4.74 Å². The second-order valence-electron chi connectivity index (χ2n) is 4.68. The lowest BCUT2D eigenvalue weighted by atomic mass is 9.97. The van der Waals surface area contributed by atoms with E-state index in [2.05, 4.69) is 24.9 Å². The first-order valence-corrected chi connectivity index (χ1v) is 6.38. The fourth-order valence-corrected chi connectivity index (χ4v) is 1.96. The van der Waals surface area contributed by atoms with Crippen molar-refractivity contribution in [1.29, 1.82) is 0 Å². The van der Waals surface area contributed by atoms with E-state index in [4.69, 9.17) is 4.74 Å². The predicted molar refractivity (Wildman–Crippen MR) is 66.1 cm³/mol.